The van der Waals surface area contributed by atoms with E-state index in [-0.39, 0.29) is 13.1 Å². The van der Waals surface area contributed by atoms with Crippen molar-refractivity contribution < 1.29 is 14.0 Å². The first kappa shape index (κ1) is 18.1. The number of benzene rings is 1. The standard InChI is InChI=1S/C17H21N5O3/c1-22(2)14-7-5-13(6-8-14)10-20-21-16(23)12-19-17(24)18-11-15-4-3-9-25-15/h3-10H,11-12H2,1-2H3,(H,21,23)(H2,18,19,24). The van der Waals surface area contributed by atoms with Crippen molar-refractivity contribution in [2.75, 3.05) is 25.5 Å². The molecule has 3 amide bonds. The van der Waals surface area contributed by atoms with Gasteiger partial charge in [-0.2, -0.15) is 5.10 Å². The Bertz CT molecular complexity index is 708. The number of nitrogens with one attached hydrogen (secondary N) is 3. The van der Waals surface area contributed by atoms with Crippen molar-refractivity contribution >= 4 is 23.8 Å². The fourth-order valence-corrected chi connectivity index (χ4v) is 1.88. The van der Waals surface area contributed by atoms with Crippen molar-refractivity contribution in [1.82, 2.24) is 16.1 Å². The third-order valence-electron chi connectivity index (χ3n) is 3.23. The minimum absolute atomic E-state index is 0.180. The molecule has 0 aliphatic heterocycles. The van der Waals surface area contributed by atoms with Crippen LogP contribution in [0.15, 0.2) is 52.2 Å². The molecule has 0 bridgehead atoms. The van der Waals surface area contributed by atoms with E-state index in [1.54, 1.807) is 12.1 Å². The van der Waals surface area contributed by atoms with Gasteiger partial charge < -0.3 is 20.0 Å². The predicted molar refractivity (Wildman–Crippen MR) is 95.5 cm³/mol. The lowest BCUT2D eigenvalue weighted by Crippen LogP contribution is -2.40. The zero-order valence-electron chi connectivity index (χ0n) is 14.2. The third-order valence-corrected chi connectivity index (χ3v) is 3.23. The van der Waals surface area contributed by atoms with Crippen molar-refractivity contribution in [3.8, 4) is 0 Å². The summed E-state index contributed by atoms with van der Waals surface area (Å²) in [7, 11) is 3.92. The van der Waals surface area contributed by atoms with Crippen LogP contribution in [0.25, 0.3) is 0 Å². The Morgan fingerprint density at radius 1 is 1.16 bits per heavy atom. The summed E-state index contributed by atoms with van der Waals surface area (Å²) in [6, 6.07) is 10.7. The Balaban J connectivity index is 1.66. The molecule has 8 heteroatoms. The highest BCUT2D eigenvalue weighted by Gasteiger charge is 2.05. The van der Waals surface area contributed by atoms with E-state index in [2.05, 4.69) is 21.2 Å². The first-order valence-corrected chi connectivity index (χ1v) is 7.68. The molecule has 0 atom stereocenters. The van der Waals surface area contributed by atoms with Crippen LogP contribution in [0, 0.1) is 0 Å². The zero-order valence-corrected chi connectivity index (χ0v) is 14.2. The number of carbonyl (C=O) groups is 2. The maximum absolute atomic E-state index is 11.6. The van der Waals surface area contributed by atoms with Gasteiger partial charge in [-0.3, -0.25) is 4.79 Å². The molecule has 1 aromatic heterocycles. The number of hydrazone groups is 1. The quantitative estimate of drug-likeness (QED) is 0.521. The molecular weight excluding hydrogens is 322 g/mol. The summed E-state index contributed by atoms with van der Waals surface area (Å²) in [6.07, 6.45) is 3.06. The molecule has 8 nitrogen and oxygen atoms in total. The summed E-state index contributed by atoms with van der Waals surface area (Å²) in [5.41, 5.74) is 4.28. The molecule has 0 aliphatic carbocycles. The summed E-state index contributed by atoms with van der Waals surface area (Å²) in [5.74, 6) is 0.207. The smallest absolute Gasteiger partial charge is 0.315 e. The van der Waals surface area contributed by atoms with Crippen LogP contribution in [0.1, 0.15) is 11.3 Å². The van der Waals surface area contributed by atoms with Crippen LogP contribution in [-0.2, 0) is 11.3 Å². The molecule has 3 N–H and O–H groups in total. The number of furan rings is 1. The van der Waals surface area contributed by atoms with Crippen LogP contribution in [-0.4, -0.2) is 38.8 Å². The topological polar surface area (TPSA) is 99.0 Å². The van der Waals surface area contributed by atoms with E-state index >= 15 is 0 Å². The van der Waals surface area contributed by atoms with E-state index in [1.807, 2.05) is 43.3 Å². The van der Waals surface area contributed by atoms with Gasteiger partial charge >= 0.3 is 6.03 Å². The number of hydrogen-bond donors (Lipinski definition) is 3. The lowest BCUT2D eigenvalue weighted by Gasteiger charge is -2.11. The minimum atomic E-state index is -0.463. The highest BCUT2D eigenvalue weighted by Crippen LogP contribution is 2.10. The normalized spacial score (nSPS) is 10.5. The van der Waals surface area contributed by atoms with E-state index in [0.717, 1.165) is 11.3 Å². The Morgan fingerprint density at radius 3 is 2.56 bits per heavy atom. The average molecular weight is 343 g/mol. The molecule has 0 spiro atoms. The number of carbonyl (C=O) groups excluding carboxylic acids is 2. The van der Waals surface area contributed by atoms with Crippen molar-refractivity contribution in [2.45, 2.75) is 6.54 Å². The van der Waals surface area contributed by atoms with Crippen LogP contribution in [0.3, 0.4) is 0 Å². The molecule has 0 radical (unpaired) electrons. The number of rotatable bonds is 7. The number of amides is 3. The molecule has 0 fully saturated rings. The van der Waals surface area contributed by atoms with Gasteiger partial charge in [-0.15, -0.1) is 0 Å². The van der Waals surface area contributed by atoms with Gasteiger partial charge in [0, 0.05) is 19.8 Å². The fourth-order valence-electron chi connectivity index (χ4n) is 1.88. The van der Waals surface area contributed by atoms with E-state index in [4.69, 9.17) is 4.42 Å². The summed E-state index contributed by atoms with van der Waals surface area (Å²) in [5, 5.41) is 8.86. The van der Waals surface area contributed by atoms with Gasteiger partial charge in [0.15, 0.2) is 0 Å². The second-order valence-electron chi connectivity index (χ2n) is 5.39. The lowest BCUT2D eigenvalue weighted by atomic mass is 10.2. The largest absolute Gasteiger partial charge is 0.467 e. The zero-order chi connectivity index (χ0) is 18.1. The molecule has 0 saturated heterocycles. The molecule has 2 rings (SSSR count). The van der Waals surface area contributed by atoms with Gasteiger partial charge in [-0.25, -0.2) is 10.2 Å². The summed E-state index contributed by atoms with van der Waals surface area (Å²) < 4.78 is 5.08. The van der Waals surface area contributed by atoms with Crippen LogP contribution in [0.4, 0.5) is 10.5 Å². The van der Waals surface area contributed by atoms with E-state index in [1.165, 1.54) is 12.5 Å². The second-order valence-corrected chi connectivity index (χ2v) is 5.39. The number of anilines is 1. The van der Waals surface area contributed by atoms with E-state index < -0.39 is 11.9 Å². The number of nitrogens with zero attached hydrogens (tertiary/aromatic N) is 2. The van der Waals surface area contributed by atoms with Crippen molar-refractivity contribution in [2.24, 2.45) is 5.10 Å². The number of urea groups is 1. The Hall–Kier alpha value is -3.29. The Kier molecular flexibility index (Phi) is 6.58. The first-order chi connectivity index (χ1) is 12.0. The highest BCUT2D eigenvalue weighted by molar-refractivity contribution is 5.86. The molecule has 1 heterocycles. The van der Waals surface area contributed by atoms with Crippen molar-refractivity contribution in [3.63, 3.8) is 0 Å². The SMILES string of the molecule is CN(C)c1ccc(C=NNC(=O)CNC(=O)NCc2ccco2)cc1. The first-order valence-electron chi connectivity index (χ1n) is 7.68. The minimum Gasteiger partial charge on any atom is -0.467 e. The Labute approximate surface area is 145 Å². The van der Waals surface area contributed by atoms with Gasteiger partial charge in [0.05, 0.1) is 19.0 Å². The van der Waals surface area contributed by atoms with Crippen LogP contribution >= 0.6 is 0 Å². The van der Waals surface area contributed by atoms with Crippen molar-refractivity contribution in [3.05, 3.63) is 54.0 Å². The molecule has 2 aromatic rings. The van der Waals surface area contributed by atoms with Crippen molar-refractivity contribution in [1.29, 1.82) is 0 Å². The molecule has 0 saturated carbocycles. The average Bonchev–Trinajstić information content (AvgIpc) is 3.12. The number of hydrogen-bond acceptors (Lipinski definition) is 5. The molecule has 1 aromatic carbocycles. The van der Waals surface area contributed by atoms with E-state index in [9.17, 15) is 9.59 Å². The van der Waals surface area contributed by atoms with E-state index in [0.29, 0.717) is 5.76 Å². The fraction of sp³-hybridized carbons (Fsp3) is 0.235. The van der Waals surface area contributed by atoms with Crippen LogP contribution < -0.4 is 21.0 Å². The van der Waals surface area contributed by atoms with Gasteiger partial charge in [-0.1, -0.05) is 12.1 Å². The lowest BCUT2D eigenvalue weighted by molar-refractivity contribution is -0.120. The van der Waals surface area contributed by atoms with Gasteiger partial charge in [0.2, 0.25) is 0 Å². The summed E-state index contributed by atoms with van der Waals surface area (Å²) in [4.78, 5) is 25.2. The van der Waals surface area contributed by atoms with Gasteiger partial charge in [0.25, 0.3) is 5.91 Å². The maximum Gasteiger partial charge on any atom is 0.315 e. The second kappa shape index (κ2) is 9.11. The predicted octanol–water partition coefficient (Wildman–Crippen LogP) is 1.30. The Morgan fingerprint density at radius 2 is 1.92 bits per heavy atom. The molecular formula is C17H21N5O3. The third kappa shape index (κ3) is 6.38. The van der Waals surface area contributed by atoms with Gasteiger partial charge in [0.1, 0.15) is 12.3 Å². The molecule has 132 valence electrons. The highest BCUT2D eigenvalue weighted by atomic mass is 16.3. The summed E-state index contributed by atoms with van der Waals surface area (Å²) in [6.45, 7) is 0.0719. The molecule has 0 unspecified atom stereocenters. The van der Waals surface area contributed by atoms with Crippen LogP contribution in [0.5, 0.6) is 0 Å². The van der Waals surface area contributed by atoms with Crippen LogP contribution in [0.2, 0.25) is 0 Å². The molecule has 25 heavy (non-hydrogen) atoms. The molecule has 0 aliphatic rings. The maximum atomic E-state index is 11.6. The van der Waals surface area contributed by atoms with Gasteiger partial charge in [-0.05, 0) is 29.8 Å². The monoisotopic (exact) mass is 343 g/mol. The summed E-state index contributed by atoms with van der Waals surface area (Å²) >= 11 is 0.